The lowest BCUT2D eigenvalue weighted by atomic mass is 10.1. The number of aromatic nitrogens is 1. The molecule has 0 saturated carbocycles. The third-order valence-electron chi connectivity index (χ3n) is 3.44. The summed E-state index contributed by atoms with van der Waals surface area (Å²) >= 11 is 5.74. The van der Waals surface area contributed by atoms with Crippen LogP contribution in [-0.4, -0.2) is 42.0 Å². The maximum absolute atomic E-state index is 13.8. The maximum atomic E-state index is 13.8. The molecule has 1 amide bonds. The van der Waals surface area contributed by atoms with E-state index in [1.807, 2.05) is 5.38 Å². The monoisotopic (exact) mass is 323 g/mol. The summed E-state index contributed by atoms with van der Waals surface area (Å²) in [6.45, 7) is 2.55. The zero-order valence-corrected chi connectivity index (χ0v) is 12.9. The number of carbonyl (C=O) groups excluding carboxylic acids is 1. The summed E-state index contributed by atoms with van der Waals surface area (Å²) in [6, 6.07) is 4.30. The quantitative estimate of drug-likeness (QED) is 0.863. The second-order valence-corrected chi connectivity index (χ2v) is 6.15. The molecule has 2 heterocycles. The predicted octanol–water partition coefficient (Wildman–Crippen LogP) is 2.53. The van der Waals surface area contributed by atoms with Gasteiger partial charge in [-0.1, -0.05) is 0 Å². The van der Waals surface area contributed by atoms with Crippen molar-refractivity contribution in [2.75, 3.05) is 31.1 Å². The van der Waals surface area contributed by atoms with Crippen LogP contribution in [-0.2, 0) is 0 Å². The van der Waals surface area contributed by atoms with Crippen molar-refractivity contribution in [1.29, 1.82) is 0 Å². The molecule has 0 radical (unpaired) electrons. The molecule has 1 aromatic carbocycles. The number of benzene rings is 1. The lowest BCUT2D eigenvalue weighted by molar-refractivity contribution is 0.0741. The SMILES string of the molecule is O=C(c1cc(S)ccc1F)N1CCN(c2nccs2)CC1. The van der Waals surface area contributed by atoms with Crippen LogP contribution in [0.3, 0.4) is 0 Å². The van der Waals surface area contributed by atoms with E-state index in [1.165, 1.54) is 18.2 Å². The molecule has 4 nitrogen and oxygen atoms in total. The molecule has 7 heteroatoms. The van der Waals surface area contributed by atoms with Crippen LogP contribution in [0.15, 0.2) is 34.7 Å². The van der Waals surface area contributed by atoms with Crippen LogP contribution in [0, 0.1) is 5.82 Å². The fraction of sp³-hybridized carbons (Fsp3) is 0.286. The van der Waals surface area contributed by atoms with Gasteiger partial charge in [0.2, 0.25) is 0 Å². The standard InChI is InChI=1S/C14H14FN3OS2/c15-12-2-1-10(20)9-11(12)13(19)17-4-6-18(7-5-17)14-16-3-8-21-14/h1-3,8-9,20H,4-7H2. The third kappa shape index (κ3) is 3.03. The molecular weight excluding hydrogens is 309 g/mol. The van der Waals surface area contributed by atoms with Crippen molar-refractivity contribution in [1.82, 2.24) is 9.88 Å². The highest BCUT2D eigenvalue weighted by Gasteiger charge is 2.25. The van der Waals surface area contributed by atoms with E-state index in [2.05, 4.69) is 22.5 Å². The Labute approximate surface area is 131 Å². The number of hydrogen-bond donors (Lipinski definition) is 1. The molecule has 0 atom stereocenters. The summed E-state index contributed by atoms with van der Waals surface area (Å²) in [7, 11) is 0. The molecular formula is C14H14FN3OS2. The average Bonchev–Trinajstić information content (AvgIpc) is 3.03. The zero-order valence-electron chi connectivity index (χ0n) is 11.2. The van der Waals surface area contributed by atoms with E-state index < -0.39 is 5.82 Å². The maximum Gasteiger partial charge on any atom is 0.256 e. The number of thiol groups is 1. The minimum atomic E-state index is -0.500. The topological polar surface area (TPSA) is 36.4 Å². The van der Waals surface area contributed by atoms with Gasteiger partial charge in [0, 0.05) is 42.7 Å². The van der Waals surface area contributed by atoms with Crippen LogP contribution in [0.5, 0.6) is 0 Å². The van der Waals surface area contributed by atoms with Gasteiger partial charge in [0.25, 0.3) is 5.91 Å². The fourth-order valence-corrected chi connectivity index (χ4v) is 3.22. The minimum Gasteiger partial charge on any atom is -0.345 e. The van der Waals surface area contributed by atoms with Crippen molar-refractivity contribution in [3.8, 4) is 0 Å². The predicted molar refractivity (Wildman–Crippen MR) is 83.9 cm³/mol. The number of piperazine rings is 1. The van der Waals surface area contributed by atoms with E-state index in [0.29, 0.717) is 31.1 Å². The lowest BCUT2D eigenvalue weighted by Gasteiger charge is -2.34. The lowest BCUT2D eigenvalue weighted by Crippen LogP contribution is -2.49. The van der Waals surface area contributed by atoms with E-state index >= 15 is 0 Å². The highest BCUT2D eigenvalue weighted by atomic mass is 32.1. The molecule has 3 rings (SSSR count). The number of thiazole rings is 1. The number of hydrogen-bond acceptors (Lipinski definition) is 5. The smallest absolute Gasteiger partial charge is 0.256 e. The summed E-state index contributed by atoms with van der Waals surface area (Å²) in [4.78, 5) is 21.1. The molecule has 1 aromatic heterocycles. The van der Waals surface area contributed by atoms with Crippen molar-refractivity contribution in [3.05, 3.63) is 41.2 Å². The van der Waals surface area contributed by atoms with Crippen molar-refractivity contribution >= 4 is 35.0 Å². The molecule has 0 N–H and O–H groups in total. The number of halogens is 1. The number of anilines is 1. The first-order chi connectivity index (χ1) is 10.1. The number of nitrogens with zero attached hydrogens (tertiary/aromatic N) is 3. The Bertz CT molecular complexity index is 640. The van der Waals surface area contributed by atoms with E-state index in [9.17, 15) is 9.18 Å². The molecule has 1 aliphatic rings. The van der Waals surface area contributed by atoms with Crippen LogP contribution in [0.1, 0.15) is 10.4 Å². The van der Waals surface area contributed by atoms with Gasteiger partial charge < -0.3 is 9.80 Å². The second-order valence-electron chi connectivity index (χ2n) is 4.76. The minimum absolute atomic E-state index is 0.0881. The van der Waals surface area contributed by atoms with Gasteiger partial charge >= 0.3 is 0 Å². The number of rotatable bonds is 2. The van der Waals surface area contributed by atoms with Crippen molar-refractivity contribution in [2.24, 2.45) is 0 Å². The molecule has 1 aliphatic heterocycles. The summed E-state index contributed by atoms with van der Waals surface area (Å²) < 4.78 is 13.8. The van der Waals surface area contributed by atoms with E-state index in [0.717, 1.165) is 5.13 Å². The van der Waals surface area contributed by atoms with Gasteiger partial charge in [-0.05, 0) is 18.2 Å². The zero-order chi connectivity index (χ0) is 14.8. The van der Waals surface area contributed by atoms with Gasteiger partial charge in [-0.3, -0.25) is 4.79 Å². The largest absolute Gasteiger partial charge is 0.345 e. The van der Waals surface area contributed by atoms with Gasteiger partial charge in [-0.15, -0.1) is 24.0 Å². The molecule has 2 aromatic rings. The summed E-state index contributed by atoms with van der Waals surface area (Å²) in [5, 5.41) is 2.89. The molecule has 21 heavy (non-hydrogen) atoms. The molecule has 0 aliphatic carbocycles. The first-order valence-corrected chi connectivity index (χ1v) is 7.90. The number of amides is 1. The van der Waals surface area contributed by atoms with Gasteiger partial charge in [-0.25, -0.2) is 9.37 Å². The molecule has 0 bridgehead atoms. The van der Waals surface area contributed by atoms with Crippen LogP contribution < -0.4 is 4.90 Å². The van der Waals surface area contributed by atoms with Crippen LogP contribution >= 0.6 is 24.0 Å². The van der Waals surface area contributed by atoms with E-state index in [-0.39, 0.29) is 11.5 Å². The highest BCUT2D eigenvalue weighted by molar-refractivity contribution is 7.80. The summed E-state index contributed by atoms with van der Waals surface area (Å²) in [5.41, 5.74) is 0.0881. The van der Waals surface area contributed by atoms with Crippen molar-refractivity contribution in [2.45, 2.75) is 4.90 Å². The van der Waals surface area contributed by atoms with Crippen LogP contribution in [0.4, 0.5) is 9.52 Å². The molecule has 110 valence electrons. The van der Waals surface area contributed by atoms with Gasteiger partial charge in [-0.2, -0.15) is 0 Å². The Morgan fingerprint density at radius 3 is 2.71 bits per heavy atom. The first-order valence-electron chi connectivity index (χ1n) is 6.57. The third-order valence-corrected chi connectivity index (χ3v) is 4.55. The Morgan fingerprint density at radius 1 is 1.29 bits per heavy atom. The fourth-order valence-electron chi connectivity index (χ4n) is 2.32. The second kappa shape index (κ2) is 6.03. The van der Waals surface area contributed by atoms with Gasteiger partial charge in [0.15, 0.2) is 5.13 Å². The van der Waals surface area contributed by atoms with Crippen molar-refractivity contribution < 1.29 is 9.18 Å². The van der Waals surface area contributed by atoms with E-state index in [4.69, 9.17) is 0 Å². The Morgan fingerprint density at radius 2 is 2.05 bits per heavy atom. The summed E-state index contributed by atoms with van der Waals surface area (Å²) in [6.07, 6.45) is 1.77. The van der Waals surface area contributed by atoms with Crippen molar-refractivity contribution in [3.63, 3.8) is 0 Å². The van der Waals surface area contributed by atoms with Gasteiger partial charge in [0.05, 0.1) is 5.56 Å². The molecule has 0 spiro atoms. The molecule has 1 saturated heterocycles. The molecule has 1 fully saturated rings. The number of carbonyl (C=O) groups is 1. The van der Waals surface area contributed by atoms with E-state index in [1.54, 1.807) is 22.4 Å². The van der Waals surface area contributed by atoms with Crippen LogP contribution in [0.25, 0.3) is 0 Å². The highest BCUT2D eigenvalue weighted by Crippen LogP contribution is 2.21. The normalized spacial score (nSPS) is 15.3. The average molecular weight is 323 g/mol. The Balaban J connectivity index is 1.69. The van der Waals surface area contributed by atoms with Crippen LogP contribution in [0.2, 0.25) is 0 Å². The Hall–Kier alpha value is -1.60. The van der Waals surface area contributed by atoms with Gasteiger partial charge in [0.1, 0.15) is 5.82 Å². The Kier molecular flexibility index (Phi) is 4.12. The molecule has 0 unspecified atom stereocenters. The summed E-state index contributed by atoms with van der Waals surface area (Å²) in [5.74, 6) is -0.776. The first kappa shape index (κ1) is 14.3.